The molecule has 0 bridgehead atoms. The lowest BCUT2D eigenvalue weighted by Crippen LogP contribution is -2.21. The van der Waals surface area contributed by atoms with Gasteiger partial charge in [0.25, 0.3) is 0 Å². The Morgan fingerprint density at radius 1 is 0.541 bits per heavy atom. The van der Waals surface area contributed by atoms with Gasteiger partial charge in [-0.15, -0.1) is 0 Å². The fourth-order valence-corrected chi connectivity index (χ4v) is 7.15. The summed E-state index contributed by atoms with van der Waals surface area (Å²) in [5.41, 5.74) is 5.03. The summed E-state index contributed by atoms with van der Waals surface area (Å²) in [7, 11) is 3.03. The summed E-state index contributed by atoms with van der Waals surface area (Å²) in [6.45, 7) is 7.73. The number of para-hydroxylation sites is 2. The summed E-state index contributed by atoms with van der Waals surface area (Å²) in [4.78, 5) is 60.1. The molecule has 0 saturated carbocycles. The van der Waals surface area contributed by atoms with Gasteiger partial charge in [0.2, 0.25) is 10.3 Å². The number of aromatic nitrogens is 4. The molecular formula is C45H42N8O6S2. The van der Waals surface area contributed by atoms with E-state index in [9.17, 15) is 19.2 Å². The van der Waals surface area contributed by atoms with E-state index in [1.807, 2.05) is 70.2 Å². The maximum atomic E-state index is 13.2. The number of benzene rings is 5. The van der Waals surface area contributed by atoms with E-state index in [2.05, 4.69) is 40.0 Å². The van der Waals surface area contributed by atoms with E-state index < -0.39 is 12.1 Å². The summed E-state index contributed by atoms with van der Waals surface area (Å²) >= 11 is 2.20. The van der Waals surface area contributed by atoms with Crippen LogP contribution in [0.2, 0.25) is 0 Å². The zero-order valence-electron chi connectivity index (χ0n) is 34.1. The Hall–Kier alpha value is -7.30. The lowest BCUT2D eigenvalue weighted by molar-refractivity contribution is 0.102. The quantitative estimate of drug-likeness (QED) is 0.0862. The fourth-order valence-electron chi connectivity index (χ4n) is 5.86. The first-order valence-electron chi connectivity index (χ1n) is 18.9. The summed E-state index contributed by atoms with van der Waals surface area (Å²) in [5.74, 6) is 1.84. The molecule has 4 N–H and O–H groups in total. The number of rotatable bonds is 12. The second-order valence-electron chi connectivity index (χ2n) is 13.7. The molecule has 5 aromatic carbocycles. The van der Waals surface area contributed by atoms with Gasteiger partial charge in [0.15, 0.2) is 17.4 Å². The number of urea groups is 2. The van der Waals surface area contributed by atoms with Crippen LogP contribution in [0, 0.1) is 13.8 Å². The van der Waals surface area contributed by atoms with Crippen LogP contribution in [0.5, 0.6) is 11.5 Å². The lowest BCUT2D eigenvalue weighted by atomic mass is 9.99. The number of anilines is 4. The standard InChI is InChI=1S/C24H20N4O3S.C21H22N4O3S/c1-15-12-13-19(18(14-15)21(29)17-10-6-7-11-20(17)31-2)25-23(30)27-24-26-22(28-32-24)16-8-4-3-5-9-16;1-12(2)19-23-21(29-25-19)24-20(27)22-16-10-9-13(3)11-15(16)18(26)14-7-5-6-8-17(14)28-4/h3-14H,1-2H3,(H2,25,26,27,28,30);5-12H,1-4H3,(H2,22,23,24,25,27). The molecule has 0 atom stereocenters. The summed E-state index contributed by atoms with van der Waals surface area (Å²) in [6.07, 6.45) is 0. The molecule has 7 rings (SSSR count). The van der Waals surface area contributed by atoms with Crippen molar-refractivity contribution in [2.45, 2.75) is 33.6 Å². The monoisotopic (exact) mass is 854 g/mol. The number of carbonyl (C=O) groups is 4. The number of ether oxygens (including phenoxy) is 2. The number of hydrogen-bond donors (Lipinski definition) is 4. The maximum Gasteiger partial charge on any atom is 0.325 e. The van der Waals surface area contributed by atoms with Crippen molar-refractivity contribution in [1.82, 2.24) is 18.7 Å². The molecule has 0 unspecified atom stereocenters. The first-order valence-corrected chi connectivity index (χ1v) is 20.4. The van der Waals surface area contributed by atoms with E-state index in [0.29, 0.717) is 67.0 Å². The number of amides is 4. The Balaban J connectivity index is 0.000000205. The second-order valence-corrected chi connectivity index (χ2v) is 15.2. The molecule has 61 heavy (non-hydrogen) atoms. The van der Waals surface area contributed by atoms with Crippen LogP contribution < -0.4 is 30.7 Å². The van der Waals surface area contributed by atoms with Crippen LogP contribution in [-0.2, 0) is 0 Å². The molecule has 2 aromatic heterocycles. The molecule has 0 aliphatic carbocycles. The highest BCUT2D eigenvalue weighted by molar-refractivity contribution is 7.10. The molecule has 0 aliphatic rings. The number of nitrogens with one attached hydrogen (secondary N) is 4. The average molecular weight is 855 g/mol. The van der Waals surface area contributed by atoms with Crippen molar-refractivity contribution in [3.05, 3.63) is 154 Å². The van der Waals surface area contributed by atoms with Crippen LogP contribution in [-0.4, -0.2) is 56.6 Å². The minimum atomic E-state index is -0.515. The van der Waals surface area contributed by atoms with Crippen LogP contribution in [0.3, 0.4) is 0 Å². The number of carbonyl (C=O) groups excluding carboxylic acids is 4. The summed E-state index contributed by atoms with van der Waals surface area (Å²) < 4.78 is 19.1. The van der Waals surface area contributed by atoms with Gasteiger partial charge >= 0.3 is 12.1 Å². The van der Waals surface area contributed by atoms with Gasteiger partial charge < -0.3 is 20.1 Å². The molecular weight excluding hydrogens is 813 g/mol. The van der Waals surface area contributed by atoms with Crippen molar-refractivity contribution in [3.63, 3.8) is 0 Å². The molecule has 2 heterocycles. The Kier molecular flexibility index (Phi) is 14.3. The minimum Gasteiger partial charge on any atom is -0.496 e. The van der Waals surface area contributed by atoms with Gasteiger partial charge in [0.1, 0.15) is 17.3 Å². The predicted octanol–water partition coefficient (Wildman–Crippen LogP) is 10.3. The maximum absolute atomic E-state index is 13.2. The molecule has 16 heteroatoms. The van der Waals surface area contributed by atoms with Gasteiger partial charge in [-0.25, -0.2) is 14.6 Å². The molecule has 0 aliphatic heterocycles. The van der Waals surface area contributed by atoms with Crippen LogP contribution in [0.15, 0.2) is 115 Å². The normalized spacial score (nSPS) is 10.5. The van der Waals surface area contributed by atoms with E-state index in [1.165, 1.54) is 14.2 Å². The van der Waals surface area contributed by atoms with Crippen LogP contribution in [0.1, 0.15) is 68.6 Å². The van der Waals surface area contributed by atoms with Crippen molar-refractivity contribution in [3.8, 4) is 22.9 Å². The molecule has 0 saturated heterocycles. The van der Waals surface area contributed by atoms with Crippen molar-refractivity contribution in [2.24, 2.45) is 0 Å². The molecule has 0 spiro atoms. The molecule has 0 fully saturated rings. The van der Waals surface area contributed by atoms with Gasteiger partial charge in [-0.2, -0.15) is 13.7 Å². The third-order valence-electron chi connectivity index (χ3n) is 8.90. The van der Waals surface area contributed by atoms with Gasteiger partial charge in [-0.1, -0.05) is 91.7 Å². The van der Waals surface area contributed by atoms with E-state index in [1.54, 1.807) is 72.8 Å². The van der Waals surface area contributed by atoms with Gasteiger partial charge in [0, 0.05) is 45.7 Å². The van der Waals surface area contributed by atoms with E-state index in [0.717, 1.165) is 39.8 Å². The van der Waals surface area contributed by atoms with Crippen LogP contribution >= 0.6 is 23.1 Å². The zero-order valence-corrected chi connectivity index (χ0v) is 35.7. The van der Waals surface area contributed by atoms with Gasteiger partial charge in [0.05, 0.1) is 36.7 Å². The van der Waals surface area contributed by atoms with E-state index >= 15 is 0 Å². The van der Waals surface area contributed by atoms with Crippen LogP contribution in [0.4, 0.5) is 31.2 Å². The Bertz CT molecular complexity index is 2680. The second kappa shape index (κ2) is 20.1. The van der Waals surface area contributed by atoms with Gasteiger partial charge in [-0.3, -0.25) is 20.2 Å². The number of ketones is 2. The molecule has 7 aromatic rings. The molecule has 310 valence electrons. The third-order valence-corrected chi connectivity index (χ3v) is 10.2. The minimum absolute atomic E-state index is 0.173. The third kappa shape index (κ3) is 11.1. The fraction of sp³-hybridized carbons (Fsp3) is 0.156. The molecule has 0 radical (unpaired) electrons. The first kappa shape index (κ1) is 43.3. The average Bonchev–Trinajstić information content (AvgIpc) is 3.95. The Labute approximate surface area is 360 Å². The largest absolute Gasteiger partial charge is 0.496 e. The summed E-state index contributed by atoms with van der Waals surface area (Å²) in [5, 5.41) is 11.6. The SMILES string of the molecule is COc1ccccc1C(=O)c1cc(C)ccc1NC(=O)Nc1nc(-c2ccccc2)ns1.COc1ccccc1C(=O)c1cc(C)ccc1NC(=O)Nc1nc(C(C)C)ns1. The number of methoxy groups -OCH3 is 2. The van der Waals surface area contributed by atoms with Gasteiger partial charge in [-0.05, 0) is 62.4 Å². The van der Waals surface area contributed by atoms with Crippen molar-refractivity contribution in [2.75, 3.05) is 35.5 Å². The first-order chi connectivity index (χ1) is 29.4. The number of hydrogen-bond acceptors (Lipinski definition) is 12. The van der Waals surface area contributed by atoms with E-state index in [4.69, 9.17) is 9.47 Å². The molecule has 14 nitrogen and oxygen atoms in total. The highest BCUT2D eigenvalue weighted by atomic mass is 32.1. The van der Waals surface area contributed by atoms with E-state index in [-0.39, 0.29) is 17.5 Å². The van der Waals surface area contributed by atoms with Crippen molar-refractivity contribution in [1.29, 1.82) is 0 Å². The topological polar surface area (TPSA) is 186 Å². The summed E-state index contributed by atoms with van der Waals surface area (Å²) in [6, 6.07) is 33.0. The number of aryl methyl sites for hydroxylation is 2. The zero-order chi connectivity index (χ0) is 43.5. The smallest absolute Gasteiger partial charge is 0.325 e. The lowest BCUT2D eigenvalue weighted by Gasteiger charge is -2.13. The number of nitrogens with zero attached hydrogens (tertiary/aromatic N) is 4. The van der Waals surface area contributed by atoms with Crippen molar-refractivity contribution >= 4 is 68.3 Å². The molecule has 4 amide bonds. The highest BCUT2D eigenvalue weighted by Crippen LogP contribution is 2.29. The Morgan fingerprint density at radius 2 is 1.00 bits per heavy atom. The highest BCUT2D eigenvalue weighted by Gasteiger charge is 2.21. The van der Waals surface area contributed by atoms with Crippen molar-refractivity contribution < 1.29 is 28.7 Å². The van der Waals surface area contributed by atoms with Crippen LogP contribution in [0.25, 0.3) is 11.4 Å². The predicted molar refractivity (Wildman–Crippen MR) is 240 cm³/mol. The Morgan fingerprint density at radius 3 is 1.48 bits per heavy atom.